The fraction of sp³-hybridized carbons (Fsp3) is 0.533. The highest BCUT2D eigenvalue weighted by Gasteiger charge is 2.30. The van der Waals surface area contributed by atoms with Gasteiger partial charge in [-0.2, -0.15) is 0 Å². The molecule has 0 spiro atoms. The first-order valence-corrected chi connectivity index (χ1v) is 6.76. The first kappa shape index (κ1) is 17.6. The van der Waals surface area contributed by atoms with E-state index in [1.807, 2.05) is 12.1 Å². The lowest BCUT2D eigenvalue weighted by molar-refractivity contribution is -0.125. The Hall–Kier alpha value is -1.47. The number of hydrogen-bond acceptors (Lipinski definition) is 6. The topological polar surface area (TPSA) is 107 Å². The highest BCUT2D eigenvalue weighted by Crippen LogP contribution is 2.18. The zero-order valence-corrected chi connectivity index (χ0v) is 11.9. The van der Waals surface area contributed by atoms with Crippen LogP contribution in [-0.2, 0) is 11.2 Å². The molecule has 0 saturated carbocycles. The molecule has 0 amide bonds. The van der Waals surface area contributed by atoms with Crippen LogP contribution < -0.4 is 4.74 Å². The SMILES string of the molecule is COc1ccc(CC[C@H](C=O)[C@H](O)[C@@H](O)[C@@H](O)CO)cc1. The van der Waals surface area contributed by atoms with E-state index in [0.29, 0.717) is 19.1 Å². The minimum Gasteiger partial charge on any atom is -0.497 e. The predicted molar refractivity (Wildman–Crippen MR) is 76.0 cm³/mol. The molecular formula is C15H22O6. The largest absolute Gasteiger partial charge is 0.497 e. The van der Waals surface area contributed by atoms with Crippen molar-refractivity contribution in [2.24, 2.45) is 5.92 Å². The summed E-state index contributed by atoms with van der Waals surface area (Å²) in [4.78, 5) is 11.0. The molecule has 4 atom stereocenters. The first-order chi connectivity index (χ1) is 10.0. The van der Waals surface area contributed by atoms with Crippen molar-refractivity contribution in [3.8, 4) is 5.75 Å². The summed E-state index contributed by atoms with van der Waals surface area (Å²) in [5.74, 6) is -0.0875. The van der Waals surface area contributed by atoms with Crippen LogP contribution in [0.4, 0.5) is 0 Å². The molecule has 1 aromatic carbocycles. The number of hydrogen-bond donors (Lipinski definition) is 4. The average molecular weight is 298 g/mol. The van der Waals surface area contributed by atoms with E-state index in [-0.39, 0.29) is 0 Å². The lowest BCUT2D eigenvalue weighted by Crippen LogP contribution is -2.44. The molecule has 1 aromatic rings. The van der Waals surface area contributed by atoms with Gasteiger partial charge in [0.2, 0.25) is 0 Å². The molecule has 6 nitrogen and oxygen atoms in total. The summed E-state index contributed by atoms with van der Waals surface area (Å²) < 4.78 is 5.04. The van der Waals surface area contributed by atoms with Crippen molar-refractivity contribution in [1.82, 2.24) is 0 Å². The van der Waals surface area contributed by atoms with Crippen LogP contribution in [0.5, 0.6) is 5.75 Å². The van der Waals surface area contributed by atoms with Crippen LogP contribution in [0.1, 0.15) is 12.0 Å². The van der Waals surface area contributed by atoms with Crippen LogP contribution in [-0.4, -0.2) is 58.7 Å². The maximum Gasteiger partial charge on any atom is 0.125 e. The Morgan fingerprint density at radius 3 is 2.24 bits per heavy atom. The summed E-state index contributed by atoms with van der Waals surface area (Å²) in [6.45, 7) is -0.678. The van der Waals surface area contributed by atoms with Gasteiger partial charge in [0.1, 0.15) is 24.2 Å². The summed E-state index contributed by atoms with van der Waals surface area (Å²) >= 11 is 0. The highest BCUT2D eigenvalue weighted by molar-refractivity contribution is 5.54. The molecule has 0 unspecified atom stereocenters. The van der Waals surface area contributed by atoms with E-state index in [9.17, 15) is 20.1 Å². The molecule has 0 aromatic heterocycles. The van der Waals surface area contributed by atoms with Crippen molar-refractivity contribution >= 4 is 6.29 Å². The van der Waals surface area contributed by atoms with Gasteiger partial charge in [-0.05, 0) is 30.5 Å². The number of methoxy groups -OCH3 is 1. The maximum atomic E-state index is 11.0. The summed E-state index contributed by atoms with van der Waals surface area (Å²) in [5.41, 5.74) is 0.965. The monoisotopic (exact) mass is 298 g/mol. The van der Waals surface area contributed by atoms with Crippen LogP contribution in [0.2, 0.25) is 0 Å². The van der Waals surface area contributed by atoms with Crippen molar-refractivity contribution in [3.63, 3.8) is 0 Å². The van der Waals surface area contributed by atoms with Gasteiger partial charge >= 0.3 is 0 Å². The summed E-state index contributed by atoms with van der Waals surface area (Å²) in [5, 5.41) is 37.5. The maximum absolute atomic E-state index is 11.0. The van der Waals surface area contributed by atoms with E-state index in [4.69, 9.17) is 9.84 Å². The van der Waals surface area contributed by atoms with Crippen LogP contribution in [0.3, 0.4) is 0 Å². The van der Waals surface area contributed by atoms with Gasteiger partial charge in [0, 0.05) is 5.92 Å². The molecule has 0 fully saturated rings. The van der Waals surface area contributed by atoms with E-state index >= 15 is 0 Å². The Bertz CT molecular complexity index is 419. The van der Waals surface area contributed by atoms with Crippen LogP contribution >= 0.6 is 0 Å². The highest BCUT2D eigenvalue weighted by atomic mass is 16.5. The number of aldehydes is 1. The van der Waals surface area contributed by atoms with Gasteiger partial charge in [-0.25, -0.2) is 0 Å². The molecule has 4 N–H and O–H groups in total. The molecule has 0 saturated heterocycles. The Kier molecular flexibility index (Phi) is 7.31. The lowest BCUT2D eigenvalue weighted by Gasteiger charge is -2.25. The van der Waals surface area contributed by atoms with Gasteiger partial charge in [-0.15, -0.1) is 0 Å². The fourth-order valence-electron chi connectivity index (χ4n) is 2.03. The third kappa shape index (κ3) is 5.09. The number of benzene rings is 1. The number of carbonyl (C=O) groups excluding carboxylic acids is 1. The molecule has 0 aliphatic rings. The molecule has 6 heteroatoms. The predicted octanol–water partition coefficient (Wildman–Crippen LogP) is -0.482. The first-order valence-electron chi connectivity index (χ1n) is 6.76. The quantitative estimate of drug-likeness (QED) is 0.459. The number of aliphatic hydroxyl groups excluding tert-OH is 4. The van der Waals surface area contributed by atoms with Crippen LogP contribution in [0.15, 0.2) is 24.3 Å². The summed E-state index contributed by atoms with van der Waals surface area (Å²) in [6, 6.07) is 7.30. The van der Waals surface area contributed by atoms with E-state index in [2.05, 4.69) is 0 Å². The average Bonchev–Trinajstić information content (AvgIpc) is 2.54. The van der Waals surface area contributed by atoms with Crippen LogP contribution in [0.25, 0.3) is 0 Å². The second-order valence-electron chi connectivity index (χ2n) is 4.92. The zero-order valence-electron chi connectivity index (χ0n) is 11.9. The van der Waals surface area contributed by atoms with E-state index < -0.39 is 30.8 Å². The van der Waals surface area contributed by atoms with Gasteiger partial charge in [0.05, 0.1) is 19.8 Å². The van der Waals surface area contributed by atoms with Gasteiger partial charge < -0.3 is 30.0 Å². The molecule has 0 heterocycles. The van der Waals surface area contributed by atoms with Gasteiger partial charge in [-0.1, -0.05) is 12.1 Å². The Balaban J connectivity index is 2.58. The summed E-state index contributed by atoms with van der Waals surface area (Å²) in [6.07, 6.45) is -3.02. The standard InChI is InChI=1S/C15H22O6/c1-21-12-6-3-10(4-7-12)2-5-11(8-16)14(19)15(20)13(18)9-17/h3-4,6-8,11,13-15,17-20H,2,5,9H2,1H3/t11-,13+,14+,15+/m1/s1. The molecule has 0 radical (unpaired) electrons. The second-order valence-corrected chi connectivity index (χ2v) is 4.92. The van der Waals surface area contributed by atoms with Crippen molar-refractivity contribution in [3.05, 3.63) is 29.8 Å². The molecular weight excluding hydrogens is 276 g/mol. The number of aliphatic hydroxyl groups is 4. The van der Waals surface area contributed by atoms with Gasteiger partial charge in [0.15, 0.2) is 0 Å². The number of carbonyl (C=O) groups is 1. The summed E-state index contributed by atoms with van der Waals surface area (Å²) in [7, 11) is 1.57. The fourth-order valence-corrected chi connectivity index (χ4v) is 2.03. The zero-order chi connectivity index (χ0) is 15.8. The van der Waals surface area contributed by atoms with Crippen molar-refractivity contribution in [2.75, 3.05) is 13.7 Å². The molecule has 1 rings (SSSR count). The van der Waals surface area contributed by atoms with E-state index in [1.54, 1.807) is 19.2 Å². The van der Waals surface area contributed by atoms with Crippen molar-refractivity contribution in [2.45, 2.75) is 31.2 Å². The second kappa shape index (κ2) is 8.74. The van der Waals surface area contributed by atoms with Gasteiger partial charge in [-0.3, -0.25) is 0 Å². The minimum atomic E-state index is -1.55. The molecule has 118 valence electrons. The van der Waals surface area contributed by atoms with E-state index in [1.165, 1.54) is 0 Å². The van der Waals surface area contributed by atoms with Crippen molar-refractivity contribution < 1.29 is 30.0 Å². The molecule has 21 heavy (non-hydrogen) atoms. The Morgan fingerprint density at radius 1 is 1.14 bits per heavy atom. The number of rotatable bonds is 9. The minimum absolute atomic E-state index is 0.326. The third-order valence-electron chi connectivity index (χ3n) is 3.47. The van der Waals surface area contributed by atoms with Crippen molar-refractivity contribution in [1.29, 1.82) is 0 Å². The van der Waals surface area contributed by atoms with E-state index in [0.717, 1.165) is 11.3 Å². The Labute approximate surface area is 123 Å². The third-order valence-corrected chi connectivity index (χ3v) is 3.47. The van der Waals surface area contributed by atoms with Crippen LogP contribution in [0, 0.1) is 5.92 Å². The smallest absolute Gasteiger partial charge is 0.125 e. The van der Waals surface area contributed by atoms with Gasteiger partial charge in [0.25, 0.3) is 0 Å². The number of ether oxygens (including phenoxy) is 1. The number of aryl methyl sites for hydroxylation is 1. The Morgan fingerprint density at radius 2 is 1.76 bits per heavy atom. The normalized spacial score (nSPS) is 16.8. The molecule has 0 aliphatic heterocycles. The molecule has 0 bridgehead atoms. The molecule has 0 aliphatic carbocycles. The lowest BCUT2D eigenvalue weighted by atomic mass is 9.90.